The SMILES string of the molecule is CCC(CC1CC1)n1c(CCCl)nc2cccnc21. The summed E-state index contributed by atoms with van der Waals surface area (Å²) in [5.74, 6) is 2.62. The molecule has 1 fully saturated rings. The molecule has 0 spiro atoms. The van der Waals surface area contributed by atoms with Crippen LogP contribution in [0.2, 0.25) is 0 Å². The summed E-state index contributed by atoms with van der Waals surface area (Å²) in [6.45, 7) is 2.26. The predicted octanol–water partition coefficient (Wildman–Crippen LogP) is 3.96. The predicted molar refractivity (Wildman–Crippen MR) is 78.6 cm³/mol. The van der Waals surface area contributed by atoms with Gasteiger partial charge in [0.05, 0.1) is 0 Å². The van der Waals surface area contributed by atoms with Crippen molar-refractivity contribution in [3.8, 4) is 0 Å². The first-order chi connectivity index (χ1) is 9.33. The number of hydrogen-bond donors (Lipinski definition) is 0. The van der Waals surface area contributed by atoms with Gasteiger partial charge in [-0.3, -0.25) is 0 Å². The number of fused-ring (bicyclic) bond motifs is 1. The van der Waals surface area contributed by atoms with E-state index < -0.39 is 0 Å². The Morgan fingerprint density at radius 3 is 3.00 bits per heavy atom. The van der Waals surface area contributed by atoms with Gasteiger partial charge >= 0.3 is 0 Å². The Hall–Kier alpha value is -1.09. The molecule has 1 aliphatic carbocycles. The summed E-state index contributed by atoms with van der Waals surface area (Å²) >= 11 is 5.93. The van der Waals surface area contributed by atoms with Crippen LogP contribution in [0.4, 0.5) is 0 Å². The highest BCUT2D eigenvalue weighted by molar-refractivity contribution is 6.17. The van der Waals surface area contributed by atoms with Crippen molar-refractivity contribution < 1.29 is 0 Å². The average Bonchev–Trinajstić information content (AvgIpc) is 3.17. The van der Waals surface area contributed by atoms with Gasteiger partial charge in [-0.05, 0) is 30.9 Å². The maximum absolute atomic E-state index is 5.93. The Labute approximate surface area is 119 Å². The van der Waals surface area contributed by atoms with Gasteiger partial charge in [-0.2, -0.15) is 0 Å². The minimum atomic E-state index is 0.519. The quantitative estimate of drug-likeness (QED) is 0.748. The fourth-order valence-electron chi connectivity index (χ4n) is 2.81. The minimum absolute atomic E-state index is 0.519. The molecule has 0 aromatic carbocycles. The highest BCUT2D eigenvalue weighted by Gasteiger charge is 2.27. The molecule has 0 radical (unpaired) electrons. The molecule has 0 aliphatic heterocycles. The van der Waals surface area contributed by atoms with Gasteiger partial charge < -0.3 is 4.57 Å². The molecule has 0 amide bonds. The van der Waals surface area contributed by atoms with Crippen molar-refractivity contribution in [2.24, 2.45) is 5.92 Å². The van der Waals surface area contributed by atoms with Gasteiger partial charge in [-0.15, -0.1) is 11.6 Å². The lowest BCUT2D eigenvalue weighted by Gasteiger charge is -2.19. The van der Waals surface area contributed by atoms with E-state index in [2.05, 4.69) is 16.5 Å². The number of pyridine rings is 1. The van der Waals surface area contributed by atoms with Crippen LogP contribution in [-0.2, 0) is 6.42 Å². The maximum atomic E-state index is 5.93. The summed E-state index contributed by atoms with van der Waals surface area (Å²) in [6.07, 6.45) is 7.85. The zero-order chi connectivity index (χ0) is 13.2. The van der Waals surface area contributed by atoms with Crippen molar-refractivity contribution in [2.75, 3.05) is 5.88 Å². The number of nitrogens with zero attached hydrogens (tertiary/aromatic N) is 3. The van der Waals surface area contributed by atoms with Crippen molar-refractivity contribution in [3.63, 3.8) is 0 Å². The lowest BCUT2D eigenvalue weighted by molar-refractivity contribution is 0.425. The van der Waals surface area contributed by atoms with Crippen molar-refractivity contribution in [2.45, 2.75) is 45.1 Å². The number of aryl methyl sites for hydroxylation is 1. The van der Waals surface area contributed by atoms with E-state index in [-0.39, 0.29) is 0 Å². The summed E-state index contributed by atoms with van der Waals surface area (Å²) in [5.41, 5.74) is 2.02. The largest absolute Gasteiger partial charge is 0.310 e. The number of alkyl halides is 1. The minimum Gasteiger partial charge on any atom is -0.310 e. The molecule has 2 aromatic rings. The lowest BCUT2D eigenvalue weighted by Crippen LogP contribution is -2.13. The number of hydrogen-bond acceptors (Lipinski definition) is 2. The fourth-order valence-corrected chi connectivity index (χ4v) is 2.98. The van der Waals surface area contributed by atoms with E-state index in [4.69, 9.17) is 16.6 Å². The molecule has 1 atom stereocenters. The third-order valence-electron chi connectivity index (χ3n) is 3.98. The third-order valence-corrected chi connectivity index (χ3v) is 4.17. The van der Waals surface area contributed by atoms with Gasteiger partial charge in [0.25, 0.3) is 0 Å². The summed E-state index contributed by atoms with van der Waals surface area (Å²) in [4.78, 5) is 9.25. The molecular weight excluding hydrogens is 258 g/mol. The van der Waals surface area contributed by atoms with Crippen molar-refractivity contribution in [1.29, 1.82) is 0 Å². The van der Waals surface area contributed by atoms with Crippen LogP contribution in [0.25, 0.3) is 11.2 Å². The van der Waals surface area contributed by atoms with E-state index in [9.17, 15) is 0 Å². The Balaban J connectivity index is 2.03. The Morgan fingerprint density at radius 2 is 2.32 bits per heavy atom. The molecule has 3 rings (SSSR count). The van der Waals surface area contributed by atoms with E-state index in [1.165, 1.54) is 19.3 Å². The second kappa shape index (κ2) is 5.49. The van der Waals surface area contributed by atoms with Gasteiger partial charge in [0.1, 0.15) is 11.3 Å². The molecule has 2 heterocycles. The highest BCUT2D eigenvalue weighted by Crippen LogP contribution is 2.39. The van der Waals surface area contributed by atoms with Gasteiger partial charge in [0.2, 0.25) is 0 Å². The Kier molecular flexibility index (Phi) is 3.74. The second-order valence-electron chi connectivity index (χ2n) is 5.42. The van der Waals surface area contributed by atoms with Crippen LogP contribution in [0.15, 0.2) is 18.3 Å². The van der Waals surface area contributed by atoms with Gasteiger partial charge in [0.15, 0.2) is 5.65 Å². The van der Waals surface area contributed by atoms with E-state index in [0.29, 0.717) is 11.9 Å². The third kappa shape index (κ3) is 2.62. The molecule has 1 saturated carbocycles. The number of halogens is 1. The van der Waals surface area contributed by atoms with Crippen LogP contribution >= 0.6 is 11.6 Å². The maximum Gasteiger partial charge on any atom is 0.160 e. The molecule has 2 aromatic heterocycles. The standard InChI is InChI=1S/C15H20ClN3/c1-2-12(10-11-5-6-11)19-14(7-8-16)18-13-4-3-9-17-15(13)19/h3-4,9,11-12H,2,5-8,10H2,1H3. The van der Waals surface area contributed by atoms with Crippen LogP contribution in [-0.4, -0.2) is 20.4 Å². The monoisotopic (exact) mass is 277 g/mol. The van der Waals surface area contributed by atoms with Gasteiger partial charge in [0, 0.05) is 24.5 Å². The molecule has 0 bridgehead atoms. The molecule has 4 heteroatoms. The molecule has 19 heavy (non-hydrogen) atoms. The van der Waals surface area contributed by atoms with Crippen LogP contribution in [0.3, 0.4) is 0 Å². The number of imidazole rings is 1. The van der Waals surface area contributed by atoms with Crippen molar-refractivity contribution in [1.82, 2.24) is 14.5 Å². The van der Waals surface area contributed by atoms with Gasteiger partial charge in [-0.25, -0.2) is 9.97 Å². The van der Waals surface area contributed by atoms with E-state index >= 15 is 0 Å². The molecule has 102 valence electrons. The van der Waals surface area contributed by atoms with Crippen LogP contribution in [0, 0.1) is 5.92 Å². The summed E-state index contributed by atoms with van der Waals surface area (Å²) in [5, 5.41) is 0. The van der Waals surface area contributed by atoms with Crippen LogP contribution in [0.5, 0.6) is 0 Å². The lowest BCUT2D eigenvalue weighted by atomic mass is 10.1. The first kappa shape index (κ1) is 12.9. The Morgan fingerprint density at radius 1 is 1.47 bits per heavy atom. The summed E-state index contributed by atoms with van der Waals surface area (Å²) in [6, 6.07) is 4.51. The summed E-state index contributed by atoms with van der Waals surface area (Å²) < 4.78 is 2.34. The summed E-state index contributed by atoms with van der Waals surface area (Å²) in [7, 11) is 0. The molecule has 3 nitrogen and oxygen atoms in total. The van der Waals surface area contributed by atoms with Crippen molar-refractivity contribution >= 4 is 22.8 Å². The zero-order valence-corrected chi connectivity index (χ0v) is 12.1. The van der Waals surface area contributed by atoms with Crippen LogP contribution in [0.1, 0.15) is 44.5 Å². The molecule has 0 saturated heterocycles. The van der Waals surface area contributed by atoms with Gasteiger partial charge in [-0.1, -0.05) is 19.8 Å². The Bertz CT molecular complexity index is 560. The molecule has 0 N–H and O–H groups in total. The number of aromatic nitrogens is 3. The smallest absolute Gasteiger partial charge is 0.160 e. The second-order valence-corrected chi connectivity index (χ2v) is 5.80. The fraction of sp³-hybridized carbons (Fsp3) is 0.600. The van der Waals surface area contributed by atoms with Crippen molar-refractivity contribution in [3.05, 3.63) is 24.2 Å². The topological polar surface area (TPSA) is 30.7 Å². The zero-order valence-electron chi connectivity index (χ0n) is 11.3. The molecule has 1 unspecified atom stereocenters. The number of rotatable bonds is 6. The van der Waals surface area contributed by atoms with E-state index in [0.717, 1.165) is 35.7 Å². The normalized spacial score (nSPS) is 16.9. The first-order valence-corrected chi connectivity index (χ1v) is 7.74. The van der Waals surface area contributed by atoms with E-state index in [1.54, 1.807) is 0 Å². The molecular formula is C15H20ClN3. The molecule has 1 aliphatic rings. The highest BCUT2D eigenvalue weighted by atomic mass is 35.5. The first-order valence-electron chi connectivity index (χ1n) is 7.21. The van der Waals surface area contributed by atoms with Crippen LogP contribution < -0.4 is 0 Å². The average molecular weight is 278 g/mol. The van der Waals surface area contributed by atoms with E-state index in [1.807, 2.05) is 18.3 Å².